The Kier molecular flexibility index (Phi) is 11.4. The molecule has 0 saturated heterocycles. The molecule has 2 N–H and O–H groups in total. The molecule has 0 aliphatic rings. The van der Waals surface area contributed by atoms with Gasteiger partial charge in [-0.15, -0.1) is 0 Å². The highest BCUT2D eigenvalue weighted by molar-refractivity contribution is 5.91. The van der Waals surface area contributed by atoms with E-state index < -0.39 is 0 Å². The van der Waals surface area contributed by atoms with Crippen LogP contribution in [0, 0.1) is 12.7 Å². The highest BCUT2D eigenvalue weighted by atomic mass is 19.1. The van der Waals surface area contributed by atoms with Crippen LogP contribution in [0.5, 0.6) is 0 Å². The lowest BCUT2D eigenvalue weighted by Gasteiger charge is -2.21. The van der Waals surface area contributed by atoms with Crippen LogP contribution < -0.4 is 5.73 Å². The van der Waals surface area contributed by atoms with Gasteiger partial charge in [-0.05, 0) is 82.5 Å². The average Bonchev–Trinajstić information content (AvgIpc) is 2.75. The summed E-state index contributed by atoms with van der Waals surface area (Å²) in [5.74, 6) is -0.174. The highest BCUT2D eigenvalue weighted by Gasteiger charge is 2.09. The number of halogens is 1. The van der Waals surface area contributed by atoms with Gasteiger partial charge in [-0.3, -0.25) is 9.78 Å². The quantitative estimate of drug-likeness (QED) is 0.373. The molecule has 0 spiro atoms. The molecule has 0 radical (unpaired) electrons. The predicted molar refractivity (Wildman–Crippen MR) is 134 cm³/mol. The maximum absolute atomic E-state index is 13.1. The third-order valence-corrected chi connectivity index (χ3v) is 5.46. The maximum Gasteiger partial charge on any atom is 0.223 e. The van der Waals surface area contributed by atoms with Crippen LogP contribution in [-0.4, -0.2) is 22.3 Å². The van der Waals surface area contributed by atoms with Crippen molar-refractivity contribution in [2.45, 2.75) is 67.7 Å². The highest BCUT2D eigenvalue weighted by Crippen LogP contribution is 2.28. The number of nitrogens with zero attached hydrogens (tertiary/aromatic N) is 2. The van der Waals surface area contributed by atoms with Crippen LogP contribution in [0.4, 0.5) is 10.1 Å². The van der Waals surface area contributed by atoms with E-state index in [1.807, 2.05) is 63.8 Å². The van der Waals surface area contributed by atoms with E-state index in [1.165, 1.54) is 25.0 Å². The molecule has 1 aromatic carbocycles. The molecule has 1 aromatic heterocycles. The molecule has 2 aromatic rings. The molecule has 1 heterocycles. The Balaban J connectivity index is 0.000000347. The van der Waals surface area contributed by atoms with E-state index in [2.05, 4.69) is 11.9 Å². The van der Waals surface area contributed by atoms with E-state index >= 15 is 0 Å². The fourth-order valence-corrected chi connectivity index (χ4v) is 3.28. The first-order valence-corrected chi connectivity index (χ1v) is 11.2. The van der Waals surface area contributed by atoms with Crippen molar-refractivity contribution >= 4 is 22.7 Å². The van der Waals surface area contributed by atoms with Gasteiger partial charge in [0.15, 0.2) is 0 Å². The Morgan fingerprint density at radius 3 is 2.31 bits per heavy atom. The Bertz CT molecular complexity index is 963. The van der Waals surface area contributed by atoms with Crippen molar-refractivity contribution in [1.29, 1.82) is 0 Å². The summed E-state index contributed by atoms with van der Waals surface area (Å²) in [5, 5.41) is 0. The monoisotopic (exact) mass is 439 g/mol. The van der Waals surface area contributed by atoms with Gasteiger partial charge in [0.25, 0.3) is 0 Å². The van der Waals surface area contributed by atoms with E-state index in [9.17, 15) is 9.18 Å². The molecule has 4 nitrogen and oxygen atoms in total. The molecule has 174 valence electrons. The number of carbonyl (C=O) groups excluding carboxylic acids is 1. The first kappa shape index (κ1) is 27.1. The topological polar surface area (TPSA) is 59.2 Å². The SMILES string of the molecule is C/C(=C(\C)c1ccc(F)cc1N)c1cccc(C)n1.C/C=C(\C)N(CCCCC)C(C)=O. The second-order valence-electron chi connectivity index (χ2n) is 7.95. The largest absolute Gasteiger partial charge is 0.398 e. The number of unbranched alkanes of at least 4 members (excludes halogenated alkanes) is 2. The van der Waals surface area contributed by atoms with Gasteiger partial charge in [-0.2, -0.15) is 0 Å². The van der Waals surface area contributed by atoms with Crippen LogP contribution in [-0.2, 0) is 4.79 Å². The molecule has 0 aliphatic carbocycles. The minimum Gasteiger partial charge on any atom is -0.398 e. The number of hydrogen-bond donors (Lipinski definition) is 1. The lowest BCUT2D eigenvalue weighted by Crippen LogP contribution is -2.27. The number of benzene rings is 1. The number of nitrogens with two attached hydrogens (primary N) is 1. The second-order valence-corrected chi connectivity index (χ2v) is 7.95. The number of amides is 1. The molecule has 32 heavy (non-hydrogen) atoms. The molecule has 0 fully saturated rings. The molecular weight excluding hydrogens is 401 g/mol. The first-order chi connectivity index (χ1) is 15.1. The lowest BCUT2D eigenvalue weighted by molar-refractivity contribution is -0.127. The third-order valence-electron chi connectivity index (χ3n) is 5.46. The number of pyridine rings is 1. The summed E-state index contributed by atoms with van der Waals surface area (Å²) < 4.78 is 13.1. The Morgan fingerprint density at radius 1 is 1.09 bits per heavy atom. The molecular formula is C27H38FN3O. The number of rotatable bonds is 7. The van der Waals surface area contributed by atoms with E-state index in [0.29, 0.717) is 5.69 Å². The summed E-state index contributed by atoms with van der Waals surface area (Å²) in [4.78, 5) is 17.6. The number of allylic oxidation sites excluding steroid dienone is 4. The van der Waals surface area contributed by atoms with E-state index in [-0.39, 0.29) is 11.7 Å². The van der Waals surface area contributed by atoms with Gasteiger partial charge in [-0.1, -0.05) is 31.9 Å². The summed E-state index contributed by atoms with van der Waals surface area (Å²) in [5.41, 5.74) is 12.2. The number of aromatic nitrogens is 1. The second kappa shape index (κ2) is 13.5. The van der Waals surface area contributed by atoms with Gasteiger partial charge in [-0.25, -0.2) is 4.39 Å². The normalized spacial score (nSPS) is 11.9. The summed E-state index contributed by atoms with van der Waals surface area (Å²) in [7, 11) is 0. The zero-order valence-corrected chi connectivity index (χ0v) is 20.6. The van der Waals surface area contributed by atoms with Gasteiger partial charge in [0.2, 0.25) is 5.91 Å². The van der Waals surface area contributed by atoms with Crippen molar-refractivity contribution in [3.8, 4) is 0 Å². The van der Waals surface area contributed by atoms with Crippen molar-refractivity contribution in [1.82, 2.24) is 9.88 Å². The zero-order valence-electron chi connectivity index (χ0n) is 20.6. The van der Waals surface area contributed by atoms with Crippen LogP contribution in [0.15, 0.2) is 48.2 Å². The molecule has 5 heteroatoms. The standard InChI is InChI=1S/C16H17FN2.C11H21NO/c1-10-5-4-6-16(19-10)12(3)11(2)14-8-7-13(17)9-15(14)18;1-5-7-8-9-12(11(4)13)10(3)6-2/h4-9H,18H2,1-3H3;6H,5,7-9H2,1-4H3/b12-11-;10-6+. The van der Waals surface area contributed by atoms with Crippen LogP contribution in [0.25, 0.3) is 11.1 Å². The minimum absolute atomic E-state index is 0.145. The summed E-state index contributed by atoms with van der Waals surface area (Å²) in [6, 6.07) is 10.4. The molecule has 0 saturated carbocycles. The van der Waals surface area contributed by atoms with E-state index in [4.69, 9.17) is 5.73 Å². The van der Waals surface area contributed by atoms with Gasteiger partial charge < -0.3 is 10.6 Å². The van der Waals surface area contributed by atoms with Crippen molar-refractivity contribution in [3.05, 3.63) is 70.9 Å². The fraction of sp³-hybridized carbons (Fsp3) is 0.407. The molecule has 0 bridgehead atoms. The van der Waals surface area contributed by atoms with Gasteiger partial charge in [0, 0.05) is 36.1 Å². The van der Waals surface area contributed by atoms with Gasteiger partial charge >= 0.3 is 0 Å². The minimum atomic E-state index is -0.319. The van der Waals surface area contributed by atoms with Crippen LogP contribution in [0.3, 0.4) is 0 Å². The Hall–Kier alpha value is -2.95. The first-order valence-electron chi connectivity index (χ1n) is 11.2. The van der Waals surface area contributed by atoms with Gasteiger partial charge in [0.1, 0.15) is 5.82 Å². The molecule has 0 aliphatic heterocycles. The maximum atomic E-state index is 13.1. The van der Waals surface area contributed by atoms with Crippen molar-refractivity contribution in [2.75, 3.05) is 12.3 Å². The number of hydrogen-bond acceptors (Lipinski definition) is 3. The van der Waals surface area contributed by atoms with Gasteiger partial charge in [0.05, 0.1) is 5.69 Å². The van der Waals surface area contributed by atoms with Crippen LogP contribution >= 0.6 is 0 Å². The Labute approximate surface area is 193 Å². The molecule has 0 unspecified atom stereocenters. The molecule has 1 amide bonds. The van der Waals surface area contributed by atoms with Crippen LogP contribution in [0.1, 0.15) is 77.8 Å². The number of carbonyl (C=O) groups is 1. The predicted octanol–water partition coefficient (Wildman–Crippen LogP) is 7.01. The van der Waals surface area contributed by atoms with Crippen molar-refractivity contribution in [3.63, 3.8) is 0 Å². The number of nitrogen functional groups attached to an aromatic ring is 1. The third kappa shape index (κ3) is 8.29. The molecule has 0 atom stereocenters. The average molecular weight is 440 g/mol. The Morgan fingerprint density at radius 2 is 1.78 bits per heavy atom. The smallest absolute Gasteiger partial charge is 0.223 e. The summed E-state index contributed by atoms with van der Waals surface area (Å²) in [6.07, 6.45) is 5.47. The summed E-state index contributed by atoms with van der Waals surface area (Å²) in [6.45, 7) is 14.5. The van der Waals surface area contributed by atoms with E-state index in [1.54, 1.807) is 13.0 Å². The number of anilines is 1. The molecule has 2 rings (SSSR count). The van der Waals surface area contributed by atoms with Crippen LogP contribution in [0.2, 0.25) is 0 Å². The van der Waals surface area contributed by atoms with Crippen molar-refractivity contribution in [2.24, 2.45) is 0 Å². The number of aryl methyl sites for hydroxylation is 1. The summed E-state index contributed by atoms with van der Waals surface area (Å²) >= 11 is 0. The van der Waals surface area contributed by atoms with Crippen molar-refractivity contribution < 1.29 is 9.18 Å². The fourth-order valence-electron chi connectivity index (χ4n) is 3.28. The zero-order chi connectivity index (χ0) is 24.3. The lowest BCUT2D eigenvalue weighted by atomic mass is 9.98. The van der Waals surface area contributed by atoms with E-state index in [0.717, 1.165) is 46.8 Å².